The molecule has 29 heavy (non-hydrogen) atoms. The van der Waals surface area contributed by atoms with E-state index in [4.69, 9.17) is 9.47 Å². The fraction of sp³-hybridized carbons (Fsp3) is 0.200. The molecule has 0 aliphatic rings. The molecule has 6 nitrogen and oxygen atoms in total. The van der Waals surface area contributed by atoms with Crippen molar-refractivity contribution >= 4 is 22.5 Å². The van der Waals surface area contributed by atoms with Gasteiger partial charge in [0.1, 0.15) is 0 Å². The van der Waals surface area contributed by atoms with Crippen LogP contribution >= 0.6 is 0 Å². The number of anilines is 1. The van der Waals surface area contributed by atoms with Crippen LogP contribution in [-0.2, 0) is 6.18 Å². The SMILES string of the molecule is CNc1nc2cc(C(F)(F)F)ccc2n2c(-c3ccc(OC)c(OC)c3)cnc12. The number of alkyl halides is 3. The first kappa shape index (κ1) is 18.9. The molecule has 150 valence electrons. The van der Waals surface area contributed by atoms with Gasteiger partial charge in [-0.15, -0.1) is 0 Å². The average Bonchev–Trinajstić information content (AvgIpc) is 3.17. The van der Waals surface area contributed by atoms with E-state index in [1.54, 1.807) is 36.9 Å². The number of benzene rings is 2. The standard InChI is InChI=1S/C20H17F3N4O2/c1-24-18-19-25-10-15(11-4-7-16(28-2)17(8-11)29-3)27(19)14-6-5-12(20(21,22)23)9-13(14)26-18/h4-10H,1-3H3,(H,24,26). The van der Waals surface area contributed by atoms with Crippen LogP contribution in [0.4, 0.5) is 19.0 Å². The van der Waals surface area contributed by atoms with E-state index in [0.717, 1.165) is 17.7 Å². The summed E-state index contributed by atoms with van der Waals surface area (Å²) in [6.07, 6.45) is -2.80. The van der Waals surface area contributed by atoms with Crippen molar-refractivity contribution in [1.29, 1.82) is 0 Å². The van der Waals surface area contributed by atoms with E-state index in [0.29, 0.717) is 34.2 Å². The number of nitrogens with one attached hydrogen (secondary N) is 1. The first-order valence-corrected chi connectivity index (χ1v) is 8.66. The topological polar surface area (TPSA) is 60.7 Å². The number of nitrogens with zero attached hydrogens (tertiary/aromatic N) is 3. The zero-order chi connectivity index (χ0) is 20.8. The summed E-state index contributed by atoms with van der Waals surface area (Å²) in [5, 5.41) is 2.91. The fourth-order valence-corrected chi connectivity index (χ4v) is 3.28. The Kier molecular flexibility index (Phi) is 4.45. The molecule has 0 atom stereocenters. The van der Waals surface area contributed by atoms with Crippen molar-refractivity contribution in [2.24, 2.45) is 0 Å². The number of halogens is 3. The predicted octanol–water partition coefficient (Wildman–Crippen LogP) is 4.63. The van der Waals surface area contributed by atoms with Crippen LogP contribution in [0.3, 0.4) is 0 Å². The number of imidazole rings is 1. The van der Waals surface area contributed by atoms with E-state index in [1.165, 1.54) is 13.2 Å². The van der Waals surface area contributed by atoms with Gasteiger partial charge in [-0.1, -0.05) is 0 Å². The van der Waals surface area contributed by atoms with Gasteiger partial charge in [0.25, 0.3) is 0 Å². The summed E-state index contributed by atoms with van der Waals surface area (Å²) in [7, 11) is 4.72. The molecule has 0 radical (unpaired) electrons. The maximum absolute atomic E-state index is 13.2. The number of hydrogen-bond donors (Lipinski definition) is 1. The van der Waals surface area contributed by atoms with Crippen LogP contribution in [0.2, 0.25) is 0 Å². The fourth-order valence-electron chi connectivity index (χ4n) is 3.28. The third kappa shape index (κ3) is 3.08. The summed E-state index contributed by atoms with van der Waals surface area (Å²) < 4.78 is 51.9. The van der Waals surface area contributed by atoms with Gasteiger partial charge in [0, 0.05) is 12.6 Å². The molecule has 0 saturated heterocycles. The van der Waals surface area contributed by atoms with Crippen molar-refractivity contribution in [2.45, 2.75) is 6.18 Å². The Labute approximate surface area is 163 Å². The van der Waals surface area contributed by atoms with Gasteiger partial charge in [0.15, 0.2) is 23.0 Å². The minimum Gasteiger partial charge on any atom is -0.493 e. The summed E-state index contributed by atoms with van der Waals surface area (Å²) in [6, 6.07) is 8.87. The molecular formula is C20H17F3N4O2. The van der Waals surface area contributed by atoms with Crippen molar-refractivity contribution in [3.8, 4) is 22.8 Å². The summed E-state index contributed by atoms with van der Waals surface area (Å²) >= 11 is 0. The minimum absolute atomic E-state index is 0.205. The average molecular weight is 402 g/mol. The molecule has 1 N–H and O–H groups in total. The molecule has 0 aliphatic carbocycles. The number of hydrogen-bond acceptors (Lipinski definition) is 5. The highest BCUT2D eigenvalue weighted by Crippen LogP contribution is 2.36. The summed E-state index contributed by atoms with van der Waals surface area (Å²) in [5.74, 6) is 1.48. The molecule has 2 aromatic carbocycles. The van der Waals surface area contributed by atoms with Gasteiger partial charge in [0.2, 0.25) is 0 Å². The Morgan fingerprint density at radius 1 is 1.00 bits per heavy atom. The van der Waals surface area contributed by atoms with Crippen LogP contribution in [0, 0.1) is 0 Å². The van der Waals surface area contributed by atoms with Gasteiger partial charge >= 0.3 is 6.18 Å². The van der Waals surface area contributed by atoms with Crippen molar-refractivity contribution in [3.05, 3.63) is 48.2 Å². The summed E-state index contributed by atoms with van der Waals surface area (Å²) in [5.41, 5.74) is 1.91. The monoisotopic (exact) mass is 402 g/mol. The van der Waals surface area contributed by atoms with E-state index in [-0.39, 0.29) is 5.52 Å². The number of ether oxygens (including phenoxy) is 2. The zero-order valence-electron chi connectivity index (χ0n) is 15.8. The quantitative estimate of drug-likeness (QED) is 0.540. The third-order valence-corrected chi connectivity index (χ3v) is 4.67. The van der Waals surface area contributed by atoms with Gasteiger partial charge in [-0.05, 0) is 36.4 Å². The smallest absolute Gasteiger partial charge is 0.416 e. The van der Waals surface area contributed by atoms with E-state index >= 15 is 0 Å². The molecule has 4 rings (SSSR count). The highest BCUT2D eigenvalue weighted by molar-refractivity contribution is 5.87. The van der Waals surface area contributed by atoms with Crippen molar-refractivity contribution in [2.75, 3.05) is 26.6 Å². The lowest BCUT2D eigenvalue weighted by Gasteiger charge is -2.13. The van der Waals surface area contributed by atoms with Gasteiger partial charge in [-0.2, -0.15) is 13.2 Å². The summed E-state index contributed by atoms with van der Waals surface area (Å²) in [6.45, 7) is 0. The van der Waals surface area contributed by atoms with Crippen LogP contribution in [0.1, 0.15) is 5.56 Å². The zero-order valence-corrected chi connectivity index (χ0v) is 15.8. The molecule has 0 spiro atoms. The van der Waals surface area contributed by atoms with Crippen molar-refractivity contribution < 1.29 is 22.6 Å². The number of methoxy groups -OCH3 is 2. The third-order valence-electron chi connectivity index (χ3n) is 4.67. The molecule has 9 heteroatoms. The number of aromatic nitrogens is 3. The van der Waals surface area contributed by atoms with E-state index in [9.17, 15) is 13.2 Å². The van der Waals surface area contributed by atoms with Gasteiger partial charge in [0.05, 0.1) is 42.7 Å². The van der Waals surface area contributed by atoms with Crippen LogP contribution in [0.25, 0.3) is 27.9 Å². The number of fused-ring (bicyclic) bond motifs is 3. The summed E-state index contributed by atoms with van der Waals surface area (Å²) in [4.78, 5) is 8.75. The largest absolute Gasteiger partial charge is 0.493 e. The first-order chi connectivity index (χ1) is 13.9. The van der Waals surface area contributed by atoms with Crippen molar-refractivity contribution in [3.63, 3.8) is 0 Å². The Balaban J connectivity index is 2.02. The lowest BCUT2D eigenvalue weighted by molar-refractivity contribution is -0.137. The van der Waals surface area contributed by atoms with E-state index in [2.05, 4.69) is 15.3 Å². The normalized spacial score (nSPS) is 11.8. The van der Waals surface area contributed by atoms with Crippen LogP contribution in [0.15, 0.2) is 42.6 Å². The van der Waals surface area contributed by atoms with Gasteiger partial charge in [-0.3, -0.25) is 4.40 Å². The molecule has 0 fully saturated rings. The molecule has 2 aromatic heterocycles. The maximum Gasteiger partial charge on any atom is 0.416 e. The second kappa shape index (κ2) is 6.84. The predicted molar refractivity (Wildman–Crippen MR) is 104 cm³/mol. The lowest BCUT2D eigenvalue weighted by Crippen LogP contribution is -2.06. The second-order valence-corrected chi connectivity index (χ2v) is 6.28. The second-order valence-electron chi connectivity index (χ2n) is 6.28. The minimum atomic E-state index is -4.45. The number of rotatable bonds is 4. The molecule has 0 aliphatic heterocycles. The first-order valence-electron chi connectivity index (χ1n) is 8.66. The van der Waals surface area contributed by atoms with Gasteiger partial charge < -0.3 is 14.8 Å². The highest BCUT2D eigenvalue weighted by Gasteiger charge is 2.31. The van der Waals surface area contributed by atoms with Crippen LogP contribution in [-0.4, -0.2) is 35.6 Å². The molecule has 0 unspecified atom stereocenters. The molecular weight excluding hydrogens is 385 g/mol. The molecule has 0 bridgehead atoms. The molecule has 0 saturated carbocycles. The molecule has 2 heterocycles. The Morgan fingerprint density at radius 3 is 2.41 bits per heavy atom. The Bertz CT molecular complexity index is 1220. The molecule has 4 aromatic rings. The maximum atomic E-state index is 13.2. The molecule has 0 amide bonds. The van der Waals surface area contributed by atoms with Gasteiger partial charge in [-0.25, -0.2) is 9.97 Å². The van der Waals surface area contributed by atoms with E-state index < -0.39 is 11.7 Å². The van der Waals surface area contributed by atoms with E-state index in [1.807, 2.05) is 6.07 Å². The lowest BCUT2D eigenvalue weighted by atomic mass is 10.1. The highest BCUT2D eigenvalue weighted by atomic mass is 19.4. The van der Waals surface area contributed by atoms with Crippen LogP contribution in [0.5, 0.6) is 11.5 Å². The Hall–Kier alpha value is -3.49. The van der Waals surface area contributed by atoms with Crippen LogP contribution < -0.4 is 14.8 Å². The Morgan fingerprint density at radius 2 is 1.76 bits per heavy atom. The van der Waals surface area contributed by atoms with Crippen molar-refractivity contribution in [1.82, 2.24) is 14.4 Å².